The molecule has 0 N–H and O–H groups in total. The number of aromatic nitrogens is 1. The van der Waals surface area contributed by atoms with Gasteiger partial charge in [0.05, 0.1) is 29.4 Å². The predicted molar refractivity (Wildman–Crippen MR) is 106 cm³/mol. The standard InChI is InChI=1S/C20H26N2O4S/c1-4-11-22(16-10-12-27(23,24)14-16)13-18-15(3)26-20(21-18)17-8-6-7-9-19(17)25-5-2/h4,6-9,16H,1,5,10-14H2,2-3H3/t16-/m0/s1. The number of hydrogen-bond acceptors (Lipinski definition) is 6. The molecule has 0 amide bonds. The van der Waals surface area contributed by atoms with E-state index in [1.165, 1.54) is 0 Å². The summed E-state index contributed by atoms with van der Waals surface area (Å²) in [4.78, 5) is 6.79. The van der Waals surface area contributed by atoms with Crippen LogP contribution in [-0.4, -0.2) is 49.0 Å². The first-order valence-electron chi connectivity index (χ1n) is 9.17. The van der Waals surface area contributed by atoms with E-state index in [-0.39, 0.29) is 17.5 Å². The summed E-state index contributed by atoms with van der Waals surface area (Å²) in [5.41, 5.74) is 1.62. The van der Waals surface area contributed by atoms with Gasteiger partial charge in [0.1, 0.15) is 11.5 Å². The Hall–Kier alpha value is -2.12. The monoisotopic (exact) mass is 390 g/mol. The SMILES string of the molecule is C=CCN(Cc1nc(-c2ccccc2OCC)oc1C)[C@H]1CCS(=O)(=O)C1. The van der Waals surface area contributed by atoms with Crippen LogP contribution >= 0.6 is 0 Å². The second-order valence-electron chi connectivity index (χ2n) is 6.73. The average molecular weight is 391 g/mol. The topological polar surface area (TPSA) is 72.6 Å². The molecule has 7 heteroatoms. The number of nitrogens with zero attached hydrogens (tertiary/aromatic N) is 2. The normalized spacial score (nSPS) is 18.7. The van der Waals surface area contributed by atoms with Gasteiger partial charge < -0.3 is 9.15 Å². The van der Waals surface area contributed by atoms with Gasteiger partial charge in [0.2, 0.25) is 5.89 Å². The van der Waals surface area contributed by atoms with E-state index in [0.717, 1.165) is 22.8 Å². The molecule has 1 fully saturated rings. The molecule has 0 bridgehead atoms. The first-order valence-corrected chi connectivity index (χ1v) is 11.0. The molecule has 2 aromatic rings. The van der Waals surface area contributed by atoms with E-state index >= 15 is 0 Å². The number of oxazole rings is 1. The highest BCUT2D eigenvalue weighted by Gasteiger charge is 2.32. The number of ether oxygens (including phenoxy) is 1. The van der Waals surface area contributed by atoms with Gasteiger partial charge in [-0.2, -0.15) is 0 Å². The first-order chi connectivity index (χ1) is 12.9. The Kier molecular flexibility index (Phi) is 6.01. The van der Waals surface area contributed by atoms with Crippen LogP contribution in [0, 0.1) is 6.92 Å². The Morgan fingerprint density at radius 1 is 1.41 bits per heavy atom. The van der Waals surface area contributed by atoms with Gasteiger partial charge in [-0.05, 0) is 32.4 Å². The lowest BCUT2D eigenvalue weighted by Crippen LogP contribution is -2.36. The van der Waals surface area contributed by atoms with E-state index in [2.05, 4.69) is 16.5 Å². The van der Waals surface area contributed by atoms with Gasteiger partial charge in [0.15, 0.2) is 9.84 Å². The van der Waals surface area contributed by atoms with Crippen molar-refractivity contribution in [2.45, 2.75) is 32.9 Å². The minimum absolute atomic E-state index is 0.0109. The maximum atomic E-state index is 11.9. The summed E-state index contributed by atoms with van der Waals surface area (Å²) in [5.74, 6) is 2.42. The minimum atomic E-state index is -2.95. The highest BCUT2D eigenvalue weighted by molar-refractivity contribution is 7.91. The van der Waals surface area contributed by atoms with Crippen LogP contribution in [0.2, 0.25) is 0 Å². The Morgan fingerprint density at radius 2 is 2.19 bits per heavy atom. The third-order valence-corrected chi connectivity index (χ3v) is 6.50. The van der Waals surface area contributed by atoms with Crippen molar-refractivity contribution in [1.82, 2.24) is 9.88 Å². The van der Waals surface area contributed by atoms with Gasteiger partial charge in [-0.3, -0.25) is 4.90 Å². The molecular formula is C20H26N2O4S. The van der Waals surface area contributed by atoms with Crippen molar-refractivity contribution in [3.05, 3.63) is 48.4 Å². The number of hydrogen-bond donors (Lipinski definition) is 0. The van der Waals surface area contributed by atoms with Crippen LogP contribution in [-0.2, 0) is 16.4 Å². The van der Waals surface area contributed by atoms with Gasteiger partial charge >= 0.3 is 0 Å². The number of aryl methyl sites for hydroxylation is 1. The van der Waals surface area contributed by atoms with Gasteiger partial charge in [-0.25, -0.2) is 13.4 Å². The van der Waals surface area contributed by atoms with Crippen molar-refractivity contribution in [1.29, 1.82) is 0 Å². The third-order valence-electron chi connectivity index (χ3n) is 4.75. The van der Waals surface area contributed by atoms with Crippen LogP contribution in [0.1, 0.15) is 24.8 Å². The van der Waals surface area contributed by atoms with Crippen LogP contribution < -0.4 is 4.74 Å². The molecule has 1 saturated heterocycles. The van der Waals surface area contributed by atoms with Crippen molar-refractivity contribution in [2.75, 3.05) is 24.7 Å². The van der Waals surface area contributed by atoms with Gasteiger partial charge in [-0.15, -0.1) is 6.58 Å². The fraction of sp³-hybridized carbons (Fsp3) is 0.450. The molecule has 0 aliphatic carbocycles. The van der Waals surface area contributed by atoms with Crippen LogP contribution in [0.4, 0.5) is 0 Å². The second-order valence-corrected chi connectivity index (χ2v) is 8.95. The zero-order valence-corrected chi connectivity index (χ0v) is 16.7. The first kappa shape index (κ1) is 19.6. The highest BCUT2D eigenvalue weighted by atomic mass is 32.2. The molecule has 1 aliphatic heterocycles. The maximum Gasteiger partial charge on any atom is 0.230 e. The molecule has 0 radical (unpaired) electrons. The Bertz CT molecular complexity index is 904. The van der Waals surface area contributed by atoms with Crippen LogP contribution in [0.3, 0.4) is 0 Å². The smallest absolute Gasteiger partial charge is 0.230 e. The Balaban J connectivity index is 1.84. The number of rotatable bonds is 8. The van der Waals surface area contributed by atoms with Crippen molar-refractivity contribution >= 4 is 9.84 Å². The number of benzene rings is 1. The zero-order valence-electron chi connectivity index (χ0n) is 15.8. The van der Waals surface area contributed by atoms with E-state index in [1.54, 1.807) is 6.08 Å². The quantitative estimate of drug-likeness (QED) is 0.645. The fourth-order valence-corrected chi connectivity index (χ4v) is 5.14. The predicted octanol–water partition coefficient (Wildman–Crippen LogP) is 3.22. The molecule has 3 rings (SSSR count). The summed E-state index contributed by atoms with van der Waals surface area (Å²) in [7, 11) is -2.95. The van der Waals surface area contributed by atoms with E-state index in [0.29, 0.717) is 32.0 Å². The van der Waals surface area contributed by atoms with Gasteiger partial charge in [0.25, 0.3) is 0 Å². The summed E-state index contributed by atoms with van der Waals surface area (Å²) in [5, 5.41) is 0. The molecule has 6 nitrogen and oxygen atoms in total. The molecule has 0 saturated carbocycles. The fourth-order valence-electron chi connectivity index (χ4n) is 3.38. The largest absolute Gasteiger partial charge is 0.493 e. The summed E-state index contributed by atoms with van der Waals surface area (Å²) in [6.07, 6.45) is 2.44. The van der Waals surface area contributed by atoms with Crippen molar-refractivity contribution in [2.24, 2.45) is 0 Å². The van der Waals surface area contributed by atoms with Crippen LogP contribution in [0.25, 0.3) is 11.5 Å². The molecule has 27 heavy (non-hydrogen) atoms. The average Bonchev–Trinajstić information content (AvgIpc) is 3.17. The maximum absolute atomic E-state index is 11.9. The van der Waals surface area contributed by atoms with Crippen LogP contribution in [0.15, 0.2) is 41.3 Å². The van der Waals surface area contributed by atoms with Gasteiger partial charge in [0, 0.05) is 19.1 Å². The molecule has 0 unspecified atom stereocenters. The van der Waals surface area contributed by atoms with E-state index in [9.17, 15) is 8.42 Å². The highest BCUT2D eigenvalue weighted by Crippen LogP contribution is 2.31. The van der Waals surface area contributed by atoms with E-state index in [4.69, 9.17) is 9.15 Å². The lowest BCUT2D eigenvalue weighted by atomic mass is 10.2. The molecule has 1 aromatic heterocycles. The van der Waals surface area contributed by atoms with E-state index in [1.807, 2.05) is 38.1 Å². The lowest BCUT2D eigenvalue weighted by Gasteiger charge is -2.25. The lowest BCUT2D eigenvalue weighted by molar-refractivity contribution is 0.223. The van der Waals surface area contributed by atoms with E-state index < -0.39 is 9.84 Å². The molecule has 146 valence electrons. The molecule has 1 atom stereocenters. The van der Waals surface area contributed by atoms with Crippen molar-refractivity contribution in [3.8, 4) is 17.2 Å². The Labute approximate surface area is 160 Å². The summed E-state index contributed by atoms with van der Waals surface area (Å²) in [6.45, 7) is 9.32. The minimum Gasteiger partial charge on any atom is -0.493 e. The molecule has 2 heterocycles. The molecule has 1 aliphatic rings. The summed E-state index contributed by atoms with van der Waals surface area (Å²) >= 11 is 0. The molecule has 1 aromatic carbocycles. The second kappa shape index (κ2) is 8.27. The number of sulfone groups is 1. The summed E-state index contributed by atoms with van der Waals surface area (Å²) in [6, 6.07) is 7.64. The van der Waals surface area contributed by atoms with Crippen molar-refractivity contribution in [3.63, 3.8) is 0 Å². The van der Waals surface area contributed by atoms with Crippen molar-refractivity contribution < 1.29 is 17.6 Å². The zero-order chi connectivity index (χ0) is 19.4. The molecular weight excluding hydrogens is 364 g/mol. The summed E-state index contributed by atoms with van der Waals surface area (Å²) < 4.78 is 35.3. The van der Waals surface area contributed by atoms with Crippen LogP contribution in [0.5, 0.6) is 5.75 Å². The third kappa shape index (κ3) is 4.59. The number of para-hydroxylation sites is 1. The molecule has 0 spiro atoms. The Morgan fingerprint density at radius 3 is 2.85 bits per heavy atom. The van der Waals surface area contributed by atoms with Gasteiger partial charge in [-0.1, -0.05) is 18.2 Å².